The van der Waals surface area contributed by atoms with Crippen LogP contribution in [0.3, 0.4) is 0 Å². The number of fused-ring (bicyclic) bond motifs is 3. The molecule has 4 N–H and O–H groups in total. The van der Waals surface area contributed by atoms with E-state index in [1.165, 1.54) is 60.3 Å². The summed E-state index contributed by atoms with van der Waals surface area (Å²) in [6, 6.07) is 23.4. The SMILES string of the molecule is COC(=O)c1csc(C(=O)c2c[nH]c3ccccc23)n1.COC(=O)c1csc(C(O)c2c[nH]c3ccccc23)n1.COC(=O)c1csc(Cc2c[nH]c3ccccc23)n1. The first kappa shape index (κ1) is 40.4. The Bertz CT molecular complexity index is 2920. The Morgan fingerprint density at radius 2 is 1.12 bits per heavy atom. The molecule has 59 heavy (non-hydrogen) atoms. The number of nitrogens with one attached hydrogen (secondary N) is 3. The van der Waals surface area contributed by atoms with Gasteiger partial charge in [-0.25, -0.2) is 29.3 Å². The van der Waals surface area contributed by atoms with E-state index in [0.29, 0.717) is 22.7 Å². The maximum absolute atomic E-state index is 12.4. The molecule has 17 heteroatoms. The molecule has 0 aliphatic heterocycles. The predicted molar refractivity (Wildman–Crippen MR) is 226 cm³/mol. The molecule has 0 saturated heterocycles. The summed E-state index contributed by atoms with van der Waals surface area (Å²) < 4.78 is 13.8. The molecule has 6 heterocycles. The second-order valence-corrected chi connectivity index (χ2v) is 15.2. The van der Waals surface area contributed by atoms with E-state index in [1.54, 1.807) is 23.2 Å². The number of para-hydroxylation sites is 3. The van der Waals surface area contributed by atoms with Crippen molar-refractivity contribution in [1.29, 1.82) is 0 Å². The van der Waals surface area contributed by atoms with Gasteiger partial charge < -0.3 is 34.3 Å². The summed E-state index contributed by atoms with van der Waals surface area (Å²) in [6.45, 7) is 0. The van der Waals surface area contributed by atoms with Crippen LogP contribution in [0.15, 0.2) is 108 Å². The van der Waals surface area contributed by atoms with Gasteiger partial charge in [0.15, 0.2) is 22.1 Å². The number of methoxy groups -OCH3 is 3. The molecule has 9 aromatic rings. The number of thiazole rings is 3. The van der Waals surface area contributed by atoms with Gasteiger partial charge in [-0.1, -0.05) is 54.6 Å². The van der Waals surface area contributed by atoms with Gasteiger partial charge in [0.2, 0.25) is 5.78 Å². The third-order valence-electron chi connectivity index (χ3n) is 8.96. The van der Waals surface area contributed by atoms with Crippen LogP contribution in [0.25, 0.3) is 32.7 Å². The van der Waals surface area contributed by atoms with Gasteiger partial charge >= 0.3 is 17.9 Å². The van der Waals surface area contributed by atoms with E-state index in [-0.39, 0.29) is 28.1 Å². The lowest BCUT2D eigenvalue weighted by Gasteiger charge is -2.05. The van der Waals surface area contributed by atoms with Gasteiger partial charge in [0, 0.05) is 79.4 Å². The summed E-state index contributed by atoms with van der Waals surface area (Å²) in [7, 11) is 3.95. The number of hydrogen-bond acceptors (Lipinski definition) is 14. The fourth-order valence-corrected chi connectivity index (χ4v) is 8.36. The molecule has 1 unspecified atom stereocenters. The second-order valence-electron chi connectivity index (χ2n) is 12.5. The van der Waals surface area contributed by atoms with Crippen LogP contribution >= 0.6 is 34.0 Å². The van der Waals surface area contributed by atoms with Crippen LogP contribution in [-0.2, 0) is 20.6 Å². The average molecular weight is 847 g/mol. The summed E-state index contributed by atoms with van der Waals surface area (Å²) in [5.41, 5.74) is 6.17. The lowest BCUT2D eigenvalue weighted by molar-refractivity contribution is 0.0585. The Hall–Kier alpha value is -6.79. The topological polar surface area (TPSA) is 202 Å². The van der Waals surface area contributed by atoms with Gasteiger partial charge in [-0.3, -0.25) is 4.79 Å². The highest BCUT2D eigenvalue weighted by atomic mass is 32.1. The van der Waals surface area contributed by atoms with Crippen molar-refractivity contribution in [3.8, 4) is 0 Å². The zero-order chi connectivity index (χ0) is 41.5. The number of aliphatic hydroxyl groups is 1. The van der Waals surface area contributed by atoms with E-state index < -0.39 is 18.0 Å². The lowest BCUT2D eigenvalue weighted by Crippen LogP contribution is -2.04. The van der Waals surface area contributed by atoms with Gasteiger partial charge in [-0.05, 0) is 23.8 Å². The van der Waals surface area contributed by atoms with Crippen LogP contribution < -0.4 is 0 Å². The number of H-pyrrole nitrogens is 3. The van der Waals surface area contributed by atoms with Crippen LogP contribution in [0, 0.1) is 0 Å². The molecule has 14 nitrogen and oxygen atoms in total. The summed E-state index contributed by atoms with van der Waals surface area (Å²) in [5.74, 6) is -1.64. The molecule has 0 aliphatic carbocycles. The molecule has 0 aliphatic rings. The summed E-state index contributed by atoms with van der Waals surface area (Å²) in [5, 5.41) is 19.9. The minimum Gasteiger partial charge on any atom is -0.464 e. The van der Waals surface area contributed by atoms with Crippen molar-refractivity contribution in [2.45, 2.75) is 12.5 Å². The van der Waals surface area contributed by atoms with E-state index >= 15 is 0 Å². The zero-order valence-corrected chi connectivity index (χ0v) is 34.0. The first-order valence-electron chi connectivity index (χ1n) is 17.7. The molecule has 0 amide bonds. The second kappa shape index (κ2) is 18.2. The largest absolute Gasteiger partial charge is 0.464 e. The average Bonchev–Trinajstić information content (AvgIpc) is 4.15. The van der Waals surface area contributed by atoms with Crippen molar-refractivity contribution in [2.75, 3.05) is 21.3 Å². The van der Waals surface area contributed by atoms with Crippen molar-refractivity contribution >= 4 is 90.4 Å². The number of ether oxygens (including phenoxy) is 3. The minimum absolute atomic E-state index is 0.153. The minimum atomic E-state index is -0.866. The van der Waals surface area contributed by atoms with Crippen molar-refractivity contribution in [3.63, 3.8) is 0 Å². The molecule has 0 spiro atoms. The number of carbonyl (C=O) groups is 4. The van der Waals surface area contributed by atoms with E-state index in [2.05, 4.69) is 50.2 Å². The molecule has 0 saturated carbocycles. The molecule has 0 fully saturated rings. The van der Waals surface area contributed by atoms with E-state index in [9.17, 15) is 24.3 Å². The number of aromatic nitrogens is 6. The van der Waals surface area contributed by atoms with Crippen molar-refractivity contribution in [2.24, 2.45) is 0 Å². The van der Waals surface area contributed by atoms with Crippen LogP contribution in [-0.4, -0.2) is 80.0 Å². The number of aliphatic hydroxyl groups excluding tert-OH is 1. The third-order valence-corrected chi connectivity index (χ3v) is 11.5. The highest BCUT2D eigenvalue weighted by Gasteiger charge is 2.22. The first-order chi connectivity index (χ1) is 28.7. The third kappa shape index (κ3) is 8.87. The highest BCUT2D eigenvalue weighted by Crippen LogP contribution is 2.31. The Kier molecular flexibility index (Phi) is 12.5. The van der Waals surface area contributed by atoms with Crippen molar-refractivity contribution in [3.05, 3.63) is 156 Å². The molecule has 9 rings (SSSR count). The quantitative estimate of drug-likeness (QED) is 0.0621. The van der Waals surface area contributed by atoms with E-state index in [1.807, 2.05) is 72.9 Å². The van der Waals surface area contributed by atoms with Gasteiger partial charge in [-0.2, -0.15) is 0 Å². The van der Waals surface area contributed by atoms with Gasteiger partial charge in [0.05, 0.1) is 31.9 Å². The normalized spacial score (nSPS) is 11.3. The van der Waals surface area contributed by atoms with Crippen LogP contribution in [0.4, 0.5) is 0 Å². The summed E-state index contributed by atoms with van der Waals surface area (Å²) in [4.78, 5) is 68.3. The number of hydrogen-bond donors (Lipinski definition) is 4. The van der Waals surface area contributed by atoms with Gasteiger partial charge in [0.25, 0.3) is 0 Å². The molecule has 1 atom stereocenters. The van der Waals surface area contributed by atoms with Crippen molar-refractivity contribution in [1.82, 2.24) is 29.9 Å². The smallest absolute Gasteiger partial charge is 0.357 e. The van der Waals surface area contributed by atoms with E-state index in [4.69, 9.17) is 0 Å². The van der Waals surface area contributed by atoms with Crippen LogP contribution in [0.5, 0.6) is 0 Å². The van der Waals surface area contributed by atoms with Gasteiger partial charge in [0.1, 0.15) is 11.1 Å². The Balaban J connectivity index is 0.000000134. The van der Waals surface area contributed by atoms with E-state index in [0.717, 1.165) is 49.2 Å². The standard InChI is InChI=1S/C14H12N2O3S.C14H10N2O3S.C14H12N2O2S/c2*1-19-14(18)11-7-20-13(16-11)12(17)9-6-15-10-5-3-2-4-8(9)10;1-18-14(17)12-8-19-13(16-12)6-9-7-15-11-5-3-2-4-10(9)11/h2-7,12,15,17H,1H3;2-7,15H,1H3;2-5,7-8,15H,6H2,1H3. The molecular formula is C42H34N6O8S3. The first-order valence-corrected chi connectivity index (χ1v) is 20.3. The number of rotatable bonds is 9. The maximum Gasteiger partial charge on any atom is 0.357 e. The Morgan fingerprint density at radius 3 is 1.80 bits per heavy atom. The monoisotopic (exact) mass is 846 g/mol. The number of nitrogens with zero attached hydrogens (tertiary/aromatic N) is 3. The molecule has 6 aromatic heterocycles. The fraction of sp³-hybridized carbons (Fsp3) is 0.119. The summed E-state index contributed by atoms with van der Waals surface area (Å²) >= 11 is 3.84. The molecular weight excluding hydrogens is 813 g/mol. The number of carbonyl (C=O) groups excluding carboxylic acids is 4. The molecule has 0 bridgehead atoms. The molecule has 298 valence electrons. The fourth-order valence-electron chi connectivity index (χ4n) is 6.05. The molecule has 3 aromatic carbocycles. The Morgan fingerprint density at radius 1 is 0.610 bits per heavy atom. The van der Waals surface area contributed by atoms with Crippen LogP contribution in [0.2, 0.25) is 0 Å². The van der Waals surface area contributed by atoms with Crippen molar-refractivity contribution < 1.29 is 38.5 Å². The number of aromatic amines is 3. The lowest BCUT2D eigenvalue weighted by atomic mass is 10.1. The number of ketones is 1. The summed E-state index contributed by atoms with van der Waals surface area (Å²) in [6.07, 6.45) is 5.26. The predicted octanol–water partition coefficient (Wildman–Crippen LogP) is 8.14. The zero-order valence-electron chi connectivity index (χ0n) is 31.5. The maximum atomic E-state index is 12.4. The number of esters is 3. The Labute approximate surface area is 347 Å². The van der Waals surface area contributed by atoms with Crippen LogP contribution in [0.1, 0.15) is 74.1 Å². The highest BCUT2D eigenvalue weighted by molar-refractivity contribution is 7.12. The van der Waals surface area contributed by atoms with Gasteiger partial charge in [-0.15, -0.1) is 34.0 Å². The molecule has 0 radical (unpaired) electrons. The number of benzene rings is 3.